The third-order valence-corrected chi connectivity index (χ3v) is 2.67. The molecule has 0 saturated carbocycles. The summed E-state index contributed by atoms with van der Waals surface area (Å²) >= 11 is 1.56. The van der Waals surface area contributed by atoms with E-state index in [9.17, 15) is 4.79 Å². The summed E-state index contributed by atoms with van der Waals surface area (Å²) in [6.07, 6.45) is 3.90. The van der Waals surface area contributed by atoms with Crippen LogP contribution in [0.4, 0.5) is 5.82 Å². The molecule has 0 unspecified atom stereocenters. The fourth-order valence-corrected chi connectivity index (χ4v) is 1.71. The standard InChI is InChI=1S/C12H20N4OS/c1-12(2,3)16-10(17)5-6-13-9-7-11(18-4)15-8-14-9/h7-8H,5-6H2,1-4H3,(H,16,17)(H,13,14,15). The van der Waals surface area contributed by atoms with Gasteiger partial charge in [0.2, 0.25) is 5.91 Å². The lowest BCUT2D eigenvalue weighted by Gasteiger charge is -2.20. The van der Waals surface area contributed by atoms with Crippen molar-refractivity contribution in [3.8, 4) is 0 Å². The van der Waals surface area contributed by atoms with E-state index in [4.69, 9.17) is 0 Å². The van der Waals surface area contributed by atoms with Gasteiger partial charge < -0.3 is 10.6 Å². The Kier molecular flexibility index (Phi) is 5.40. The van der Waals surface area contributed by atoms with Gasteiger partial charge in [-0.1, -0.05) is 0 Å². The lowest BCUT2D eigenvalue weighted by Crippen LogP contribution is -2.41. The molecule has 5 nitrogen and oxygen atoms in total. The van der Waals surface area contributed by atoms with Crippen LogP contribution in [0, 0.1) is 0 Å². The highest BCUT2D eigenvalue weighted by molar-refractivity contribution is 7.98. The molecule has 0 bridgehead atoms. The number of nitrogens with zero attached hydrogens (tertiary/aromatic N) is 2. The lowest BCUT2D eigenvalue weighted by atomic mass is 10.1. The topological polar surface area (TPSA) is 66.9 Å². The predicted molar refractivity (Wildman–Crippen MR) is 74.8 cm³/mol. The van der Waals surface area contributed by atoms with Crippen molar-refractivity contribution in [3.63, 3.8) is 0 Å². The smallest absolute Gasteiger partial charge is 0.222 e. The Hall–Kier alpha value is -1.30. The van der Waals surface area contributed by atoms with Crippen LogP contribution in [0.15, 0.2) is 17.4 Å². The molecule has 0 aliphatic heterocycles. The number of thioether (sulfide) groups is 1. The van der Waals surface area contributed by atoms with Crippen molar-refractivity contribution in [2.45, 2.75) is 37.8 Å². The van der Waals surface area contributed by atoms with Crippen molar-refractivity contribution in [3.05, 3.63) is 12.4 Å². The van der Waals surface area contributed by atoms with E-state index in [0.717, 1.165) is 10.8 Å². The van der Waals surface area contributed by atoms with Crippen LogP contribution < -0.4 is 10.6 Å². The predicted octanol–water partition coefficient (Wildman–Crippen LogP) is 1.92. The third kappa shape index (κ3) is 5.86. The summed E-state index contributed by atoms with van der Waals surface area (Å²) in [7, 11) is 0. The Bertz CT molecular complexity index is 403. The van der Waals surface area contributed by atoms with Crippen LogP contribution in [-0.4, -0.2) is 34.2 Å². The van der Waals surface area contributed by atoms with E-state index in [1.54, 1.807) is 11.8 Å². The molecule has 0 aliphatic carbocycles. The summed E-state index contributed by atoms with van der Waals surface area (Å²) in [5.74, 6) is 0.784. The fourth-order valence-electron chi connectivity index (χ4n) is 1.33. The average molecular weight is 268 g/mol. The maximum absolute atomic E-state index is 11.6. The second-order valence-electron chi connectivity index (χ2n) is 4.92. The van der Waals surface area contributed by atoms with E-state index in [2.05, 4.69) is 20.6 Å². The molecule has 6 heteroatoms. The Morgan fingerprint density at radius 3 is 2.72 bits per heavy atom. The number of nitrogens with one attached hydrogen (secondary N) is 2. The highest BCUT2D eigenvalue weighted by atomic mass is 32.2. The second-order valence-corrected chi connectivity index (χ2v) is 5.75. The van der Waals surface area contributed by atoms with E-state index in [1.165, 1.54) is 6.33 Å². The molecule has 0 fully saturated rings. The lowest BCUT2D eigenvalue weighted by molar-refractivity contribution is -0.122. The van der Waals surface area contributed by atoms with E-state index in [1.807, 2.05) is 33.1 Å². The molecule has 0 spiro atoms. The van der Waals surface area contributed by atoms with Gasteiger partial charge in [0.05, 0.1) is 0 Å². The summed E-state index contributed by atoms with van der Waals surface area (Å²) in [6.45, 7) is 6.46. The zero-order valence-electron chi connectivity index (χ0n) is 11.3. The van der Waals surface area contributed by atoms with Crippen molar-refractivity contribution in [1.29, 1.82) is 0 Å². The fraction of sp³-hybridized carbons (Fsp3) is 0.583. The van der Waals surface area contributed by atoms with Crippen molar-refractivity contribution < 1.29 is 4.79 Å². The molecule has 1 heterocycles. The molecule has 0 radical (unpaired) electrons. The molecule has 2 N–H and O–H groups in total. The molecule has 1 amide bonds. The van der Waals surface area contributed by atoms with Gasteiger partial charge in [0.1, 0.15) is 17.2 Å². The second kappa shape index (κ2) is 6.58. The highest BCUT2D eigenvalue weighted by Crippen LogP contribution is 2.13. The van der Waals surface area contributed by atoms with Gasteiger partial charge in [0.15, 0.2) is 0 Å². The van der Waals surface area contributed by atoms with Crippen LogP contribution in [0.3, 0.4) is 0 Å². The number of carbonyl (C=O) groups excluding carboxylic acids is 1. The Morgan fingerprint density at radius 2 is 2.11 bits per heavy atom. The monoisotopic (exact) mass is 268 g/mol. The number of aromatic nitrogens is 2. The van der Waals surface area contributed by atoms with Crippen LogP contribution in [0.2, 0.25) is 0 Å². The third-order valence-electron chi connectivity index (χ3n) is 2.02. The normalized spacial score (nSPS) is 11.1. The Labute approximate surface area is 112 Å². The molecule has 0 aliphatic rings. The molecule has 0 aromatic carbocycles. The first kappa shape index (κ1) is 14.8. The first-order chi connectivity index (χ1) is 8.40. The van der Waals surface area contributed by atoms with E-state index < -0.39 is 0 Å². The minimum atomic E-state index is -0.183. The van der Waals surface area contributed by atoms with E-state index in [0.29, 0.717) is 13.0 Å². The van der Waals surface area contributed by atoms with Gasteiger partial charge in [-0.15, -0.1) is 11.8 Å². The largest absolute Gasteiger partial charge is 0.369 e. The van der Waals surface area contributed by atoms with Gasteiger partial charge in [-0.2, -0.15) is 0 Å². The van der Waals surface area contributed by atoms with Crippen LogP contribution in [-0.2, 0) is 4.79 Å². The molecule has 1 aromatic heterocycles. The zero-order valence-corrected chi connectivity index (χ0v) is 12.1. The quantitative estimate of drug-likeness (QED) is 0.631. The molecule has 1 rings (SSSR count). The maximum Gasteiger partial charge on any atom is 0.222 e. The van der Waals surface area contributed by atoms with Crippen molar-refractivity contribution in [2.24, 2.45) is 0 Å². The SMILES string of the molecule is CSc1cc(NCCC(=O)NC(C)(C)C)ncn1. The summed E-state index contributed by atoms with van der Waals surface area (Å²) in [6, 6.07) is 1.87. The minimum Gasteiger partial charge on any atom is -0.369 e. The molecular weight excluding hydrogens is 248 g/mol. The van der Waals surface area contributed by atoms with E-state index in [-0.39, 0.29) is 11.4 Å². The first-order valence-electron chi connectivity index (χ1n) is 5.81. The average Bonchev–Trinajstić information content (AvgIpc) is 2.27. The van der Waals surface area contributed by atoms with Crippen molar-refractivity contribution >= 4 is 23.5 Å². The summed E-state index contributed by atoms with van der Waals surface area (Å²) < 4.78 is 0. The first-order valence-corrected chi connectivity index (χ1v) is 7.04. The number of anilines is 1. The molecule has 1 aromatic rings. The number of hydrogen-bond donors (Lipinski definition) is 2. The van der Waals surface area contributed by atoms with E-state index >= 15 is 0 Å². The number of rotatable bonds is 5. The summed E-state index contributed by atoms with van der Waals surface area (Å²) in [5.41, 5.74) is -0.183. The van der Waals surface area contributed by atoms with Gasteiger partial charge >= 0.3 is 0 Å². The molecule has 18 heavy (non-hydrogen) atoms. The summed E-state index contributed by atoms with van der Waals surface area (Å²) in [4.78, 5) is 19.8. The van der Waals surface area contributed by atoms with Gasteiger partial charge in [0, 0.05) is 24.6 Å². The van der Waals surface area contributed by atoms with Crippen molar-refractivity contribution in [2.75, 3.05) is 18.1 Å². The van der Waals surface area contributed by atoms with Gasteiger partial charge in [-0.05, 0) is 27.0 Å². The van der Waals surface area contributed by atoms with Crippen LogP contribution in [0.1, 0.15) is 27.2 Å². The molecule has 0 saturated heterocycles. The zero-order chi connectivity index (χ0) is 13.6. The van der Waals surface area contributed by atoms with Crippen LogP contribution in [0.25, 0.3) is 0 Å². The van der Waals surface area contributed by atoms with Crippen molar-refractivity contribution in [1.82, 2.24) is 15.3 Å². The number of amides is 1. The summed E-state index contributed by atoms with van der Waals surface area (Å²) in [5, 5.41) is 6.93. The Morgan fingerprint density at radius 1 is 1.39 bits per heavy atom. The highest BCUT2D eigenvalue weighted by Gasteiger charge is 2.12. The van der Waals surface area contributed by atoms with Gasteiger partial charge in [-0.25, -0.2) is 9.97 Å². The van der Waals surface area contributed by atoms with Gasteiger partial charge in [0.25, 0.3) is 0 Å². The number of carbonyl (C=O) groups is 1. The maximum atomic E-state index is 11.6. The molecule has 100 valence electrons. The Balaban J connectivity index is 2.35. The molecular formula is C12H20N4OS. The van der Waals surface area contributed by atoms with Crippen LogP contribution >= 0.6 is 11.8 Å². The van der Waals surface area contributed by atoms with Gasteiger partial charge in [-0.3, -0.25) is 4.79 Å². The number of hydrogen-bond acceptors (Lipinski definition) is 5. The van der Waals surface area contributed by atoms with Crippen LogP contribution in [0.5, 0.6) is 0 Å². The molecule has 0 atom stereocenters. The minimum absolute atomic E-state index is 0.0362.